The summed E-state index contributed by atoms with van der Waals surface area (Å²) in [5.74, 6) is 0. The van der Waals surface area contributed by atoms with Gasteiger partial charge in [0.15, 0.2) is 0 Å². The molecule has 0 spiro atoms. The van der Waals surface area contributed by atoms with Gasteiger partial charge in [-0.15, -0.1) is 0 Å². The van der Waals surface area contributed by atoms with Crippen molar-refractivity contribution >= 4 is 34.0 Å². The molecule has 0 bridgehead atoms. The van der Waals surface area contributed by atoms with Gasteiger partial charge in [-0.3, -0.25) is 0 Å². The van der Waals surface area contributed by atoms with Crippen LogP contribution in [0, 0.1) is 0 Å². The molecular weight excluding hydrogens is 487 g/mol. The molecule has 21 heteroatoms. The Morgan fingerprint density at radius 1 is 0.238 bits per heavy atom. The van der Waals surface area contributed by atoms with Gasteiger partial charge in [0.1, 0.15) is 0 Å². The minimum absolute atomic E-state index is 0. The van der Waals surface area contributed by atoms with Crippen LogP contribution in [0.1, 0.15) is 0 Å². The molecule has 0 heterocycles. The van der Waals surface area contributed by atoms with E-state index in [-0.39, 0.29) is 16.5 Å². The Morgan fingerprint density at radius 2 is 0.238 bits per heavy atom. The predicted molar refractivity (Wildman–Crippen MR) is 51.0 cm³/mol. The van der Waals surface area contributed by atoms with Crippen LogP contribution in [0.25, 0.3) is 0 Å². The fourth-order valence-corrected chi connectivity index (χ4v) is 0. The third kappa shape index (κ3) is 6430. The Hall–Kier alpha value is 1.09. The summed E-state index contributed by atoms with van der Waals surface area (Å²) in [5, 5.41) is 0. The van der Waals surface area contributed by atoms with Crippen molar-refractivity contribution < 1.29 is 83.6 Å². The van der Waals surface area contributed by atoms with Crippen molar-refractivity contribution in [3.05, 3.63) is 0 Å². The Balaban J connectivity index is -0.0000000533. The maximum atomic E-state index is 9.83. The second kappa shape index (κ2) is 13.5. The first-order chi connectivity index (χ1) is 8.00. The van der Waals surface area contributed by atoms with E-state index in [2.05, 4.69) is 0 Å². The minimum atomic E-state index is -6.61. The molecule has 0 radical (unpaired) electrons. The van der Waals surface area contributed by atoms with E-state index >= 15 is 0 Å². The zero-order valence-corrected chi connectivity index (χ0v) is 13.4. The molecule has 0 fully saturated rings. The van der Waals surface area contributed by atoms with Crippen molar-refractivity contribution in [2.75, 3.05) is 0 Å². The van der Waals surface area contributed by atoms with Crippen LogP contribution in [0.2, 0.25) is 0 Å². The van der Waals surface area contributed by atoms with Crippen LogP contribution < -0.4 is 0 Å². The molecular formula is H4F16NiP4. The van der Waals surface area contributed by atoms with Gasteiger partial charge in [-0.1, -0.05) is 0 Å². The maximum absolute atomic E-state index is 9.83. The number of rotatable bonds is 0. The second-order valence-electron chi connectivity index (χ2n) is 1.71. The molecule has 0 nitrogen and oxygen atoms in total. The summed E-state index contributed by atoms with van der Waals surface area (Å²) in [6.07, 6.45) is 0. The van der Waals surface area contributed by atoms with E-state index < -0.39 is 34.0 Å². The molecule has 0 unspecified atom stereocenters. The SMILES string of the molecule is F[PH](F)(F)F.F[PH](F)(F)F.F[PH](F)(F)F.F[PH](F)(F)F.[Ni]. The van der Waals surface area contributed by atoms with Crippen LogP contribution in [0.5, 0.6) is 0 Å². The van der Waals surface area contributed by atoms with Gasteiger partial charge in [0.05, 0.1) is 0 Å². The molecule has 0 atom stereocenters. The van der Waals surface area contributed by atoms with E-state index in [9.17, 15) is 67.2 Å². The van der Waals surface area contributed by atoms with Gasteiger partial charge in [-0.05, 0) is 0 Å². The van der Waals surface area contributed by atoms with Crippen LogP contribution in [-0.4, -0.2) is 0 Å². The van der Waals surface area contributed by atoms with Crippen molar-refractivity contribution in [1.29, 1.82) is 0 Å². The predicted octanol–water partition coefficient (Wildman–Crippen LogP) is 9.09. The third-order valence-electron chi connectivity index (χ3n) is 0. The Kier molecular flexibility index (Phi) is 21.7. The quantitative estimate of drug-likeness (QED) is 0.180. The number of hydrogen-bond donors (Lipinski definition) is 0. The Bertz CT molecular complexity index is 130. The molecule has 21 heavy (non-hydrogen) atoms. The average Bonchev–Trinajstić information content (AvgIpc) is 1.62. The van der Waals surface area contributed by atoms with Gasteiger partial charge in [0, 0.05) is 16.5 Å². The van der Waals surface area contributed by atoms with E-state index in [1.807, 2.05) is 0 Å². The summed E-state index contributed by atoms with van der Waals surface area (Å²) in [7, 11) is -26.4. The van der Waals surface area contributed by atoms with E-state index in [1.54, 1.807) is 0 Å². The molecule has 0 N–H and O–H groups in total. The van der Waals surface area contributed by atoms with E-state index in [4.69, 9.17) is 0 Å². The van der Waals surface area contributed by atoms with Gasteiger partial charge in [0.2, 0.25) is 0 Å². The summed E-state index contributed by atoms with van der Waals surface area (Å²) in [4.78, 5) is 0. The largest absolute Gasteiger partial charge is 0 e. The average molecular weight is 491 g/mol. The normalized spacial score (nSPS) is 14.5. The van der Waals surface area contributed by atoms with Crippen LogP contribution in [0.4, 0.5) is 67.2 Å². The van der Waals surface area contributed by atoms with Crippen LogP contribution in [0.3, 0.4) is 0 Å². The molecule has 0 aliphatic rings. The van der Waals surface area contributed by atoms with E-state index in [1.165, 1.54) is 0 Å². The van der Waals surface area contributed by atoms with Gasteiger partial charge in [-0.2, -0.15) is 0 Å². The molecule has 0 aromatic carbocycles. The zero-order chi connectivity index (χ0) is 18.0. The van der Waals surface area contributed by atoms with Gasteiger partial charge < -0.3 is 0 Å². The summed E-state index contributed by atoms with van der Waals surface area (Å²) in [5.41, 5.74) is 0. The van der Waals surface area contributed by atoms with Crippen molar-refractivity contribution in [3.8, 4) is 0 Å². The second-order valence-corrected chi connectivity index (χ2v) is 5.14. The molecule has 0 amide bonds. The first kappa shape index (κ1) is 33.6. The standard InChI is InChI=1S/4F4HP.Ni/c4*1-5(2,3)4;/h4*5H;. The van der Waals surface area contributed by atoms with Crippen molar-refractivity contribution in [1.82, 2.24) is 0 Å². The molecule has 0 saturated heterocycles. The van der Waals surface area contributed by atoms with Gasteiger partial charge in [-0.25, -0.2) is 0 Å². The molecule has 0 aliphatic heterocycles. The molecule has 0 rings (SSSR count). The van der Waals surface area contributed by atoms with E-state index in [0.29, 0.717) is 0 Å². The molecule has 0 aromatic rings. The third-order valence-corrected chi connectivity index (χ3v) is 0. The Morgan fingerprint density at radius 3 is 0.238 bits per heavy atom. The van der Waals surface area contributed by atoms with Gasteiger partial charge in [0.25, 0.3) is 0 Å². The molecule has 0 aromatic heterocycles. The van der Waals surface area contributed by atoms with Crippen LogP contribution in [-0.2, 0) is 16.5 Å². The van der Waals surface area contributed by atoms with Crippen molar-refractivity contribution in [3.63, 3.8) is 0 Å². The summed E-state index contributed by atoms with van der Waals surface area (Å²) in [6, 6.07) is 0. The zero-order valence-electron chi connectivity index (χ0n) is 8.36. The first-order valence-electron chi connectivity index (χ1n) is 3.02. The van der Waals surface area contributed by atoms with E-state index in [0.717, 1.165) is 0 Å². The fraction of sp³-hybridized carbons (Fsp3) is 0. The van der Waals surface area contributed by atoms with Crippen molar-refractivity contribution in [2.24, 2.45) is 0 Å². The van der Waals surface area contributed by atoms with Crippen LogP contribution in [0.15, 0.2) is 0 Å². The van der Waals surface area contributed by atoms with Crippen LogP contribution >= 0.6 is 34.0 Å². The molecule has 146 valence electrons. The fourth-order valence-electron chi connectivity index (χ4n) is 0. The monoisotopic (exact) mass is 490 g/mol. The first-order valence-corrected chi connectivity index (χ1v) is 9.07. The molecule has 0 saturated carbocycles. The summed E-state index contributed by atoms with van der Waals surface area (Å²) in [6.45, 7) is 0. The maximum Gasteiger partial charge on any atom is 0 e. The Labute approximate surface area is 118 Å². The number of hydrogen-bond acceptors (Lipinski definition) is 0. The summed E-state index contributed by atoms with van der Waals surface area (Å²) >= 11 is 0. The molecule has 0 aliphatic carbocycles. The number of halogens is 16. The van der Waals surface area contributed by atoms with Gasteiger partial charge >= 0.3 is 101 Å². The smallest absolute Gasteiger partial charge is 0 e. The minimum Gasteiger partial charge on any atom is 0 e. The topological polar surface area (TPSA) is 0 Å². The van der Waals surface area contributed by atoms with Crippen molar-refractivity contribution in [2.45, 2.75) is 0 Å². The summed E-state index contributed by atoms with van der Waals surface area (Å²) < 4.78 is 157.